The van der Waals surface area contributed by atoms with E-state index in [1.54, 1.807) is 0 Å². The van der Waals surface area contributed by atoms with Gasteiger partial charge in [-0.15, -0.1) is 0 Å². The molecule has 0 atom stereocenters. The van der Waals surface area contributed by atoms with Gasteiger partial charge in [0.25, 0.3) is 0 Å². The van der Waals surface area contributed by atoms with Gasteiger partial charge in [0.2, 0.25) is 15.9 Å². The highest BCUT2D eigenvalue weighted by molar-refractivity contribution is 9.10. The zero-order chi connectivity index (χ0) is 15.5. The Morgan fingerprint density at radius 3 is 2.57 bits per heavy atom. The van der Waals surface area contributed by atoms with Crippen LogP contribution in [0.25, 0.3) is 0 Å². The first-order chi connectivity index (χ1) is 9.86. The molecule has 2 rings (SSSR count). The van der Waals surface area contributed by atoms with Crippen LogP contribution in [0, 0.1) is 0 Å². The topological polar surface area (TPSA) is 101 Å². The zero-order valence-electron chi connectivity index (χ0n) is 11.4. The van der Waals surface area contributed by atoms with Gasteiger partial charge in [0, 0.05) is 10.5 Å². The molecule has 0 heterocycles. The Morgan fingerprint density at radius 2 is 2.00 bits per heavy atom. The molecular formula is C13H18BrN3O3S. The van der Waals surface area contributed by atoms with E-state index in [4.69, 9.17) is 5.14 Å². The van der Waals surface area contributed by atoms with Crippen LogP contribution in [0.5, 0.6) is 0 Å². The molecule has 8 heteroatoms. The van der Waals surface area contributed by atoms with Crippen LogP contribution in [-0.4, -0.2) is 26.9 Å². The number of sulfonamides is 1. The van der Waals surface area contributed by atoms with Crippen molar-refractivity contribution in [2.75, 3.05) is 11.9 Å². The van der Waals surface area contributed by atoms with Crippen LogP contribution in [0.4, 0.5) is 5.69 Å². The molecule has 1 aliphatic carbocycles. The quantitative estimate of drug-likeness (QED) is 0.726. The zero-order valence-corrected chi connectivity index (χ0v) is 13.8. The fourth-order valence-corrected chi connectivity index (χ4v) is 3.50. The normalized spacial score (nSPS) is 16.1. The summed E-state index contributed by atoms with van der Waals surface area (Å²) in [6, 6.07) is 4.66. The van der Waals surface area contributed by atoms with Crippen molar-refractivity contribution in [2.45, 2.75) is 36.6 Å². The lowest BCUT2D eigenvalue weighted by Gasteiger charge is -2.12. The highest BCUT2D eigenvalue weighted by Crippen LogP contribution is 2.25. The highest BCUT2D eigenvalue weighted by atomic mass is 79.9. The fourth-order valence-electron chi connectivity index (χ4n) is 2.34. The van der Waals surface area contributed by atoms with Gasteiger partial charge in [0.05, 0.1) is 17.1 Å². The summed E-state index contributed by atoms with van der Waals surface area (Å²) in [4.78, 5) is 11.9. The van der Waals surface area contributed by atoms with Crippen molar-refractivity contribution in [2.24, 2.45) is 5.14 Å². The number of halogens is 1. The van der Waals surface area contributed by atoms with Gasteiger partial charge in [-0.1, -0.05) is 12.8 Å². The Balaban J connectivity index is 1.94. The molecule has 1 saturated carbocycles. The van der Waals surface area contributed by atoms with Gasteiger partial charge in [-0.3, -0.25) is 4.79 Å². The molecule has 0 saturated heterocycles. The van der Waals surface area contributed by atoms with Gasteiger partial charge in [0.15, 0.2) is 0 Å². The Morgan fingerprint density at radius 1 is 1.33 bits per heavy atom. The van der Waals surface area contributed by atoms with Crippen molar-refractivity contribution < 1.29 is 13.2 Å². The number of benzene rings is 1. The first-order valence-corrected chi connectivity index (χ1v) is 9.06. The summed E-state index contributed by atoms with van der Waals surface area (Å²) in [5.41, 5.74) is 0.514. The fraction of sp³-hybridized carbons (Fsp3) is 0.462. The molecule has 21 heavy (non-hydrogen) atoms. The summed E-state index contributed by atoms with van der Waals surface area (Å²) in [7, 11) is -3.75. The van der Waals surface area contributed by atoms with E-state index < -0.39 is 10.0 Å². The average Bonchev–Trinajstić information content (AvgIpc) is 2.91. The average molecular weight is 376 g/mol. The Kier molecular flexibility index (Phi) is 5.37. The molecule has 1 aromatic rings. The van der Waals surface area contributed by atoms with Crippen molar-refractivity contribution >= 4 is 37.5 Å². The number of amides is 1. The highest BCUT2D eigenvalue weighted by Gasteiger charge is 2.16. The van der Waals surface area contributed by atoms with Crippen molar-refractivity contribution in [1.82, 2.24) is 5.32 Å². The summed E-state index contributed by atoms with van der Waals surface area (Å²) in [5.74, 6) is -0.161. The minimum atomic E-state index is -3.75. The number of hydrogen-bond acceptors (Lipinski definition) is 4. The molecule has 0 aromatic heterocycles. The predicted molar refractivity (Wildman–Crippen MR) is 84.4 cm³/mol. The lowest BCUT2D eigenvalue weighted by Crippen LogP contribution is -2.34. The second-order valence-corrected chi connectivity index (χ2v) is 7.51. The third-order valence-electron chi connectivity index (χ3n) is 3.45. The molecule has 1 amide bonds. The third-order valence-corrected chi connectivity index (χ3v) is 5.02. The molecule has 4 N–H and O–H groups in total. The molecule has 0 aliphatic heterocycles. The summed E-state index contributed by atoms with van der Waals surface area (Å²) in [5, 5.41) is 11.0. The standard InChI is InChI=1S/C13H18BrN3O3S/c14-11-7-10(21(15,19)20)5-6-12(11)17-13(18)8-16-9-3-1-2-4-9/h5-7,9,16H,1-4,8H2,(H,17,18)(H2,15,19,20). The number of primary sulfonamides is 1. The van der Waals surface area contributed by atoms with Crippen LogP contribution in [0.1, 0.15) is 25.7 Å². The Labute approximate surface area is 132 Å². The van der Waals surface area contributed by atoms with Gasteiger partial charge < -0.3 is 10.6 Å². The van der Waals surface area contributed by atoms with Crippen molar-refractivity contribution in [3.05, 3.63) is 22.7 Å². The van der Waals surface area contributed by atoms with Crippen LogP contribution in [0.3, 0.4) is 0 Å². The molecule has 116 valence electrons. The van der Waals surface area contributed by atoms with E-state index in [-0.39, 0.29) is 17.3 Å². The maximum absolute atomic E-state index is 11.9. The number of rotatable bonds is 5. The first kappa shape index (κ1) is 16.4. The molecule has 0 unspecified atom stereocenters. The largest absolute Gasteiger partial charge is 0.324 e. The van der Waals surface area contributed by atoms with Crippen LogP contribution >= 0.6 is 15.9 Å². The molecule has 1 aliphatic rings. The molecular weight excluding hydrogens is 358 g/mol. The van der Waals surface area contributed by atoms with E-state index in [0.717, 1.165) is 12.8 Å². The van der Waals surface area contributed by atoms with Crippen molar-refractivity contribution in [1.29, 1.82) is 0 Å². The Hall–Kier alpha value is -0.960. The Bertz CT molecular complexity index is 628. The van der Waals surface area contributed by atoms with E-state index in [9.17, 15) is 13.2 Å². The van der Waals surface area contributed by atoms with Crippen molar-refractivity contribution in [3.63, 3.8) is 0 Å². The molecule has 0 radical (unpaired) electrons. The van der Waals surface area contributed by atoms with Crippen LogP contribution < -0.4 is 15.8 Å². The van der Waals surface area contributed by atoms with Gasteiger partial charge in [-0.05, 0) is 47.0 Å². The SMILES string of the molecule is NS(=O)(=O)c1ccc(NC(=O)CNC2CCCC2)c(Br)c1. The minimum absolute atomic E-state index is 0.00328. The van der Waals surface area contributed by atoms with E-state index in [1.165, 1.54) is 31.0 Å². The van der Waals surface area contributed by atoms with Gasteiger partial charge in [0.1, 0.15) is 0 Å². The third kappa shape index (κ3) is 4.77. The smallest absolute Gasteiger partial charge is 0.238 e. The van der Waals surface area contributed by atoms with Gasteiger partial charge in [-0.2, -0.15) is 0 Å². The summed E-state index contributed by atoms with van der Waals surface area (Å²) >= 11 is 3.23. The second-order valence-electron chi connectivity index (χ2n) is 5.10. The molecule has 0 spiro atoms. The second kappa shape index (κ2) is 6.87. The number of carbonyl (C=O) groups is 1. The number of carbonyl (C=O) groups excluding carboxylic acids is 1. The monoisotopic (exact) mass is 375 g/mol. The molecule has 0 bridgehead atoms. The molecule has 6 nitrogen and oxygen atoms in total. The van der Waals surface area contributed by atoms with Crippen molar-refractivity contribution in [3.8, 4) is 0 Å². The maximum Gasteiger partial charge on any atom is 0.238 e. The number of hydrogen-bond donors (Lipinski definition) is 3. The number of nitrogens with one attached hydrogen (secondary N) is 2. The van der Waals surface area contributed by atoms with Crippen LogP contribution in [-0.2, 0) is 14.8 Å². The van der Waals surface area contributed by atoms with E-state index in [1.807, 2.05) is 0 Å². The van der Waals surface area contributed by atoms with Crippen LogP contribution in [0.15, 0.2) is 27.6 Å². The van der Waals surface area contributed by atoms with E-state index >= 15 is 0 Å². The molecule has 1 aromatic carbocycles. The lowest BCUT2D eigenvalue weighted by molar-refractivity contribution is -0.115. The number of anilines is 1. The van der Waals surface area contributed by atoms with Crippen LogP contribution in [0.2, 0.25) is 0 Å². The van der Waals surface area contributed by atoms with Gasteiger partial charge in [-0.25, -0.2) is 13.6 Å². The minimum Gasteiger partial charge on any atom is -0.324 e. The summed E-state index contributed by atoms with van der Waals surface area (Å²) in [6.07, 6.45) is 4.64. The van der Waals surface area contributed by atoms with Gasteiger partial charge >= 0.3 is 0 Å². The first-order valence-electron chi connectivity index (χ1n) is 6.72. The summed E-state index contributed by atoms with van der Waals surface area (Å²) in [6.45, 7) is 0.244. The lowest BCUT2D eigenvalue weighted by atomic mass is 10.2. The predicted octanol–water partition coefficient (Wildman–Crippen LogP) is 1.57. The maximum atomic E-state index is 11.9. The summed E-state index contributed by atoms with van der Waals surface area (Å²) < 4.78 is 22.9. The van der Waals surface area contributed by atoms with E-state index in [0.29, 0.717) is 16.2 Å². The molecule has 1 fully saturated rings. The number of nitrogens with two attached hydrogens (primary N) is 1. The van der Waals surface area contributed by atoms with E-state index in [2.05, 4.69) is 26.6 Å².